The Morgan fingerprint density at radius 3 is 2.29 bits per heavy atom. The largest absolute Gasteiger partial charge is 0.354 e. The van der Waals surface area contributed by atoms with E-state index in [1.54, 1.807) is 12.1 Å². The Balaban J connectivity index is 1.67. The molecular weight excluding hydrogens is 477 g/mol. The summed E-state index contributed by atoms with van der Waals surface area (Å²) in [5.41, 5.74) is 3.02. The summed E-state index contributed by atoms with van der Waals surface area (Å²) in [7, 11) is 0. The number of aromatic nitrogens is 2. The number of hydrogen-bond donors (Lipinski definition) is 0. The normalized spacial score (nSPS) is 17.2. The Morgan fingerprint density at radius 1 is 1.05 bits per heavy atom. The first-order chi connectivity index (χ1) is 18.3. The molecule has 0 radical (unpaired) electrons. The number of carbonyl (C=O) groups excluding carboxylic acids is 1. The minimum absolute atomic E-state index is 0.250. The highest BCUT2D eigenvalue weighted by Crippen LogP contribution is 2.32. The summed E-state index contributed by atoms with van der Waals surface area (Å²) in [5.74, 6) is 2.17. The number of nitrogens with zero attached hydrogens (tertiary/aromatic N) is 5. The maximum atomic E-state index is 13.8. The lowest BCUT2D eigenvalue weighted by atomic mass is 10.0. The third kappa shape index (κ3) is 6.96. The van der Waals surface area contributed by atoms with Crippen LogP contribution in [-0.2, 0) is 17.8 Å². The van der Waals surface area contributed by atoms with Gasteiger partial charge in [-0.3, -0.25) is 9.69 Å². The summed E-state index contributed by atoms with van der Waals surface area (Å²) in [6.45, 7) is 16.1. The molecule has 0 spiro atoms. The fourth-order valence-electron chi connectivity index (χ4n) is 6.14. The van der Waals surface area contributed by atoms with E-state index in [9.17, 15) is 9.18 Å². The van der Waals surface area contributed by atoms with Crippen LogP contribution in [0.3, 0.4) is 0 Å². The molecule has 1 aromatic carbocycles. The van der Waals surface area contributed by atoms with Gasteiger partial charge in [0.25, 0.3) is 0 Å². The van der Waals surface area contributed by atoms with Gasteiger partial charge in [0.05, 0.1) is 17.9 Å². The molecule has 1 aliphatic heterocycles. The number of carbonyl (C=O) groups is 1. The van der Waals surface area contributed by atoms with Crippen molar-refractivity contribution in [2.75, 3.05) is 37.6 Å². The van der Waals surface area contributed by atoms with Crippen LogP contribution in [0, 0.1) is 17.7 Å². The van der Waals surface area contributed by atoms with Crippen LogP contribution in [0.1, 0.15) is 84.4 Å². The molecule has 0 N–H and O–H groups in total. The average molecular weight is 526 g/mol. The zero-order valence-corrected chi connectivity index (χ0v) is 24.3. The molecule has 6 nitrogen and oxygen atoms in total. The summed E-state index contributed by atoms with van der Waals surface area (Å²) in [6, 6.07) is 7.13. The monoisotopic (exact) mass is 525 g/mol. The van der Waals surface area contributed by atoms with E-state index >= 15 is 0 Å². The fraction of sp³-hybridized carbons (Fsp3) is 0.677. The molecule has 2 aromatic rings. The molecule has 7 heteroatoms. The number of amides is 1. The van der Waals surface area contributed by atoms with Crippen LogP contribution >= 0.6 is 0 Å². The second-order valence-electron chi connectivity index (χ2n) is 12.0. The van der Waals surface area contributed by atoms with Crippen molar-refractivity contribution in [1.29, 1.82) is 0 Å². The van der Waals surface area contributed by atoms with Crippen LogP contribution in [0.15, 0.2) is 24.3 Å². The minimum atomic E-state index is -0.250. The van der Waals surface area contributed by atoms with Crippen LogP contribution in [0.25, 0.3) is 5.69 Å². The fourth-order valence-corrected chi connectivity index (χ4v) is 6.14. The van der Waals surface area contributed by atoms with Gasteiger partial charge in [0.2, 0.25) is 5.91 Å². The first-order valence-electron chi connectivity index (χ1n) is 14.9. The molecule has 4 rings (SSSR count). The minimum Gasteiger partial charge on any atom is -0.354 e. The molecule has 1 saturated heterocycles. The Bertz CT molecular complexity index is 1030. The summed E-state index contributed by atoms with van der Waals surface area (Å²) < 4.78 is 15.8. The summed E-state index contributed by atoms with van der Waals surface area (Å²) >= 11 is 0. The van der Waals surface area contributed by atoms with Gasteiger partial charge < -0.3 is 9.80 Å². The van der Waals surface area contributed by atoms with E-state index in [-0.39, 0.29) is 11.7 Å². The molecule has 210 valence electrons. The highest BCUT2D eigenvalue weighted by atomic mass is 19.1. The Kier molecular flexibility index (Phi) is 9.85. The highest BCUT2D eigenvalue weighted by Gasteiger charge is 2.29. The van der Waals surface area contributed by atoms with Gasteiger partial charge in [-0.1, -0.05) is 46.5 Å². The van der Waals surface area contributed by atoms with E-state index in [4.69, 9.17) is 5.10 Å². The quantitative estimate of drug-likeness (QED) is 0.358. The number of piperazine rings is 1. The van der Waals surface area contributed by atoms with E-state index in [2.05, 4.69) is 49.3 Å². The van der Waals surface area contributed by atoms with Crippen LogP contribution in [0.4, 0.5) is 10.2 Å². The van der Waals surface area contributed by atoms with Gasteiger partial charge in [-0.2, -0.15) is 5.10 Å². The van der Waals surface area contributed by atoms with E-state index in [1.165, 1.54) is 37.8 Å². The summed E-state index contributed by atoms with van der Waals surface area (Å²) in [6.07, 6.45) is 7.59. The molecule has 1 aromatic heterocycles. The molecule has 0 unspecified atom stereocenters. The highest BCUT2D eigenvalue weighted by molar-refractivity contribution is 5.76. The third-order valence-electron chi connectivity index (χ3n) is 8.32. The second-order valence-corrected chi connectivity index (χ2v) is 12.0. The second kappa shape index (κ2) is 13.1. The molecule has 2 fully saturated rings. The van der Waals surface area contributed by atoms with Crippen molar-refractivity contribution in [3.8, 4) is 5.69 Å². The first kappa shape index (κ1) is 28.6. The molecule has 2 aliphatic rings. The summed E-state index contributed by atoms with van der Waals surface area (Å²) in [5, 5.41) is 5.06. The maximum Gasteiger partial charge on any atom is 0.222 e. The van der Waals surface area contributed by atoms with E-state index in [0.29, 0.717) is 30.8 Å². The maximum absolute atomic E-state index is 13.8. The van der Waals surface area contributed by atoms with Crippen LogP contribution in [-0.4, -0.2) is 64.3 Å². The zero-order valence-electron chi connectivity index (χ0n) is 24.3. The Labute approximate surface area is 229 Å². The van der Waals surface area contributed by atoms with E-state index < -0.39 is 0 Å². The van der Waals surface area contributed by atoms with Crippen LogP contribution < -0.4 is 4.90 Å². The smallest absolute Gasteiger partial charge is 0.222 e. The zero-order chi connectivity index (χ0) is 27.2. The third-order valence-corrected chi connectivity index (χ3v) is 8.32. The molecule has 0 atom stereocenters. The van der Waals surface area contributed by atoms with Gasteiger partial charge in [-0.25, -0.2) is 9.07 Å². The van der Waals surface area contributed by atoms with Gasteiger partial charge in [0.15, 0.2) is 0 Å². The lowest BCUT2D eigenvalue weighted by Crippen LogP contribution is -2.49. The molecule has 1 aliphatic carbocycles. The van der Waals surface area contributed by atoms with Gasteiger partial charge in [0.1, 0.15) is 11.6 Å². The molecule has 38 heavy (non-hydrogen) atoms. The van der Waals surface area contributed by atoms with Crippen molar-refractivity contribution < 1.29 is 9.18 Å². The molecule has 2 heterocycles. The van der Waals surface area contributed by atoms with Crippen molar-refractivity contribution in [3.63, 3.8) is 0 Å². The van der Waals surface area contributed by atoms with Crippen molar-refractivity contribution in [2.24, 2.45) is 11.8 Å². The van der Waals surface area contributed by atoms with Crippen molar-refractivity contribution >= 4 is 11.7 Å². The first-order valence-corrected chi connectivity index (χ1v) is 14.9. The van der Waals surface area contributed by atoms with Crippen molar-refractivity contribution in [1.82, 2.24) is 19.6 Å². The van der Waals surface area contributed by atoms with Gasteiger partial charge in [-0.15, -0.1) is 0 Å². The topological polar surface area (TPSA) is 44.6 Å². The van der Waals surface area contributed by atoms with Crippen molar-refractivity contribution in [2.45, 2.75) is 92.2 Å². The lowest BCUT2D eigenvalue weighted by Gasteiger charge is -2.38. The van der Waals surface area contributed by atoms with Gasteiger partial charge in [0, 0.05) is 50.7 Å². The van der Waals surface area contributed by atoms with Crippen molar-refractivity contribution in [3.05, 3.63) is 41.3 Å². The number of hydrogen-bond acceptors (Lipinski definition) is 4. The van der Waals surface area contributed by atoms with Gasteiger partial charge in [-0.05, 0) is 62.8 Å². The van der Waals surface area contributed by atoms with Gasteiger partial charge >= 0.3 is 0 Å². The standard InChI is InChI=1S/C31H48FN5O/c1-6-29-28(22-36(21-23(2)3)30(38)16-11-25-9-7-8-10-25)31(35-19-17-34(18-20-35)24(4)5)37(33-29)27-14-12-26(32)13-15-27/h12-15,23-25H,6-11,16-22H2,1-5H3. The number of anilines is 1. The molecular formula is C31H48FN5O. The van der Waals surface area contributed by atoms with Crippen LogP contribution in [0.2, 0.25) is 0 Å². The average Bonchev–Trinajstić information content (AvgIpc) is 3.55. The number of halogens is 1. The Hall–Kier alpha value is -2.41. The molecule has 1 saturated carbocycles. The van der Waals surface area contributed by atoms with E-state index in [1.807, 2.05) is 4.68 Å². The number of benzene rings is 1. The molecule has 0 bridgehead atoms. The molecule has 1 amide bonds. The van der Waals surface area contributed by atoms with E-state index in [0.717, 1.165) is 68.3 Å². The number of rotatable bonds is 11. The predicted molar refractivity (Wildman–Crippen MR) is 153 cm³/mol. The Morgan fingerprint density at radius 2 is 1.71 bits per heavy atom. The number of aryl methyl sites for hydroxylation is 1. The lowest BCUT2D eigenvalue weighted by molar-refractivity contribution is -0.132. The SMILES string of the molecule is CCc1nn(-c2ccc(F)cc2)c(N2CCN(C(C)C)CC2)c1CN(CC(C)C)C(=O)CCC1CCCC1. The summed E-state index contributed by atoms with van der Waals surface area (Å²) in [4.78, 5) is 20.6. The predicted octanol–water partition coefficient (Wildman–Crippen LogP) is 6.06. The van der Waals surface area contributed by atoms with Crippen LogP contribution in [0.5, 0.6) is 0 Å².